The Bertz CT molecular complexity index is 539. The molecule has 2 unspecified atom stereocenters. The minimum atomic E-state index is -0.738. The van der Waals surface area contributed by atoms with Crippen molar-refractivity contribution in [3.05, 3.63) is 30.3 Å². The van der Waals surface area contributed by atoms with Gasteiger partial charge in [0.05, 0.1) is 0 Å². The molecule has 1 aromatic carbocycles. The van der Waals surface area contributed by atoms with Crippen LogP contribution in [0.4, 0.5) is 5.69 Å². The quantitative estimate of drug-likeness (QED) is 0.916. The average Bonchev–Trinajstić information content (AvgIpc) is 3.28. The summed E-state index contributed by atoms with van der Waals surface area (Å²) in [7, 11) is 0. The molecule has 2 fully saturated rings. The summed E-state index contributed by atoms with van der Waals surface area (Å²) in [6.07, 6.45) is 2.65. The summed E-state index contributed by atoms with van der Waals surface area (Å²) < 4.78 is 0. The van der Waals surface area contributed by atoms with Crippen molar-refractivity contribution in [1.82, 2.24) is 5.32 Å². The van der Waals surface area contributed by atoms with Crippen molar-refractivity contribution in [2.45, 2.75) is 44.7 Å². The number of piperazine rings is 1. The molecule has 1 saturated carbocycles. The third-order valence-electron chi connectivity index (χ3n) is 4.48. The summed E-state index contributed by atoms with van der Waals surface area (Å²) >= 11 is 0. The highest BCUT2D eigenvalue weighted by atomic mass is 16.2. The Morgan fingerprint density at radius 2 is 1.90 bits per heavy atom. The number of hydrogen-bond acceptors (Lipinski definition) is 2. The van der Waals surface area contributed by atoms with Crippen LogP contribution >= 0.6 is 0 Å². The number of hydrogen-bond donors (Lipinski definition) is 1. The van der Waals surface area contributed by atoms with Crippen LogP contribution in [0.1, 0.15) is 33.1 Å². The first-order valence-corrected chi connectivity index (χ1v) is 7.28. The minimum Gasteiger partial charge on any atom is -0.340 e. The van der Waals surface area contributed by atoms with Crippen molar-refractivity contribution >= 4 is 17.5 Å². The van der Waals surface area contributed by atoms with E-state index in [-0.39, 0.29) is 17.7 Å². The Morgan fingerprint density at radius 1 is 1.25 bits per heavy atom. The summed E-state index contributed by atoms with van der Waals surface area (Å²) in [6.45, 7) is 3.81. The maximum atomic E-state index is 13.0. The molecule has 1 aliphatic heterocycles. The molecular formula is C16H20N2O2. The molecule has 1 N–H and O–H groups in total. The lowest BCUT2D eigenvalue weighted by atomic mass is 9.88. The van der Waals surface area contributed by atoms with Crippen molar-refractivity contribution in [3.63, 3.8) is 0 Å². The Labute approximate surface area is 119 Å². The lowest BCUT2D eigenvalue weighted by molar-refractivity contribution is -0.138. The van der Waals surface area contributed by atoms with Gasteiger partial charge in [-0.15, -0.1) is 0 Å². The molecule has 0 aromatic heterocycles. The lowest BCUT2D eigenvalue weighted by Crippen LogP contribution is -2.70. The molecule has 2 atom stereocenters. The van der Waals surface area contributed by atoms with E-state index in [9.17, 15) is 9.59 Å². The first-order valence-electron chi connectivity index (χ1n) is 7.28. The fourth-order valence-electron chi connectivity index (χ4n) is 3.09. The van der Waals surface area contributed by atoms with Crippen molar-refractivity contribution < 1.29 is 9.59 Å². The van der Waals surface area contributed by atoms with Gasteiger partial charge >= 0.3 is 0 Å². The fraction of sp³-hybridized carbons (Fsp3) is 0.500. The van der Waals surface area contributed by atoms with Gasteiger partial charge in [-0.25, -0.2) is 0 Å². The maximum absolute atomic E-state index is 13.0. The number of rotatable bonds is 3. The molecule has 1 aromatic rings. The minimum absolute atomic E-state index is 0.0256. The molecule has 2 aliphatic rings. The third-order valence-corrected chi connectivity index (χ3v) is 4.48. The molecular weight excluding hydrogens is 252 g/mol. The van der Waals surface area contributed by atoms with Gasteiger partial charge in [-0.3, -0.25) is 14.5 Å². The summed E-state index contributed by atoms with van der Waals surface area (Å²) in [6, 6.07) is 9.10. The van der Waals surface area contributed by atoms with Crippen LogP contribution in [0, 0.1) is 5.92 Å². The number of para-hydroxylation sites is 1. The van der Waals surface area contributed by atoms with E-state index >= 15 is 0 Å². The van der Waals surface area contributed by atoms with E-state index in [4.69, 9.17) is 0 Å². The zero-order valence-electron chi connectivity index (χ0n) is 11.9. The van der Waals surface area contributed by atoms with Crippen molar-refractivity contribution in [3.8, 4) is 0 Å². The van der Waals surface area contributed by atoms with E-state index in [1.54, 1.807) is 4.90 Å². The molecule has 4 heteroatoms. The van der Waals surface area contributed by atoms with Gasteiger partial charge in [0.15, 0.2) is 0 Å². The van der Waals surface area contributed by atoms with Gasteiger partial charge in [0.1, 0.15) is 11.6 Å². The molecule has 0 spiro atoms. The van der Waals surface area contributed by atoms with Crippen LogP contribution in [0.3, 0.4) is 0 Å². The Balaban J connectivity index is 2.02. The average molecular weight is 272 g/mol. The molecule has 2 amide bonds. The summed E-state index contributed by atoms with van der Waals surface area (Å²) in [5.74, 6) is 0.269. The number of anilines is 1. The Hall–Kier alpha value is -1.84. The molecule has 1 saturated heterocycles. The first-order chi connectivity index (χ1) is 9.58. The topological polar surface area (TPSA) is 49.4 Å². The monoisotopic (exact) mass is 272 g/mol. The smallest absolute Gasteiger partial charge is 0.253 e. The highest BCUT2D eigenvalue weighted by Crippen LogP contribution is 2.43. The normalized spacial score (nSPS) is 30.3. The van der Waals surface area contributed by atoms with Gasteiger partial charge < -0.3 is 5.32 Å². The van der Waals surface area contributed by atoms with Crippen LogP contribution in [0.5, 0.6) is 0 Å². The number of amides is 2. The zero-order valence-corrected chi connectivity index (χ0v) is 11.9. The number of carbonyl (C=O) groups excluding carboxylic acids is 2. The van der Waals surface area contributed by atoms with Gasteiger partial charge in [-0.2, -0.15) is 0 Å². The van der Waals surface area contributed by atoms with E-state index in [1.165, 1.54) is 0 Å². The van der Waals surface area contributed by atoms with Crippen LogP contribution in [-0.4, -0.2) is 23.4 Å². The number of carbonyl (C=O) groups is 2. The molecule has 1 aliphatic carbocycles. The second kappa shape index (κ2) is 4.62. The maximum Gasteiger partial charge on any atom is 0.253 e. The number of nitrogens with one attached hydrogen (secondary N) is 1. The van der Waals surface area contributed by atoms with Crippen LogP contribution in [0.15, 0.2) is 30.3 Å². The Kier molecular flexibility index (Phi) is 3.04. The predicted octanol–water partition coefficient (Wildman–Crippen LogP) is 2.10. The van der Waals surface area contributed by atoms with Crippen LogP contribution in [0.2, 0.25) is 0 Å². The zero-order chi connectivity index (χ0) is 14.3. The summed E-state index contributed by atoms with van der Waals surface area (Å²) in [5, 5.41) is 2.98. The highest BCUT2D eigenvalue weighted by Gasteiger charge is 2.55. The number of nitrogens with zero attached hydrogens (tertiary/aromatic N) is 1. The molecule has 20 heavy (non-hydrogen) atoms. The van der Waals surface area contributed by atoms with Gasteiger partial charge in [-0.05, 0) is 44.2 Å². The van der Waals surface area contributed by atoms with E-state index < -0.39 is 11.6 Å². The molecule has 1 heterocycles. The Morgan fingerprint density at radius 3 is 2.45 bits per heavy atom. The molecule has 3 rings (SSSR count). The van der Waals surface area contributed by atoms with Crippen LogP contribution in [0.25, 0.3) is 0 Å². The van der Waals surface area contributed by atoms with Crippen LogP contribution in [-0.2, 0) is 9.59 Å². The second-order valence-electron chi connectivity index (χ2n) is 5.90. The van der Waals surface area contributed by atoms with E-state index in [1.807, 2.05) is 44.2 Å². The summed E-state index contributed by atoms with van der Waals surface area (Å²) in [5.41, 5.74) is 0.0737. The fourth-order valence-corrected chi connectivity index (χ4v) is 3.09. The molecule has 0 bridgehead atoms. The molecule has 4 nitrogen and oxygen atoms in total. The SMILES string of the molecule is CCC1C(=O)NC(C)(C2CC2)C(=O)N1c1ccccc1. The van der Waals surface area contributed by atoms with Gasteiger partial charge in [0, 0.05) is 5.69 Å². The second-order valence-corrected chi connectivity index (χ2v) is 5.90. The van der Waals surface area contributed by atoms with E-state index in [2.05, 4.69) is 5.32 Å². The van der Waals surface area contributed by atoms with E-state index in [0.717, 1.165) is 18.5 Å². The van der Waals surface area contributed by atoms with Gasteiger partial charge in [0.2, 0.25) is 5.91 Å². The van der Waals surface area contributed by atoms with Crippen LogP contribution < -0.4 is 10.2 Å². The lowest BCUT2D eigenvalue weighted by Gasteiger charge is -2.44. The molecule has 0 radical (unpaired) electrons. The standard InChI is InChI=1S/C16H20N2O2/c1-3-13-14(19)17-16(2,11-9-10-11)15(20)18(13)12-7-5-4-6-8-12/h4-8,11,13H,3,9-10H2,1-2H3,(H,17,19). The predicted molar refractivity (Wildman–Crippen MR) is 77.3 cm³/mol. The summed E-state index contributed by atoms with van der Waals surface area (Å²) in [4.78, 5) is 27.0. The van der Waals surface area contributed by atoms with Crippen molar-refractivity contribution in [1.29, 1.82) is 0 Å². The third kappa shape index (κ3) is 1.90. The van der Waals surface area contributed by atoms with Crippen molar-refractivity contribution in [2.75, 3.05) is 4.90 Å². The largest absolute Gasteiger partial charge is 0.340 e. The van der Waals surface area contributed by atoms with Crippen molar-refractivity contribution in [2.24, 2.45) is 5.92 Å². The highest BCUT2D eigenvalue weighted by molar-refractivity contribution is 6.10. The molecule has 106 valence electrons. The number of benzene rings is 1. The van der Waals surface area contributed by atoms with Gasteiger partial charge in [-0.1, -0.05) is 25.1 Å². The first kappa shape index (κ1) is 13.2. The van der Waals surface area contributed by atoms with E-state index in [0.29, 0.717) is 6.42 Å². The van der Waals surface area contributed by atoms with Gasteiger partial charge in [0.25, 0.3) is 5.91 Å².